The van der Waals surface area contributed by atoms with Crippen molar-refractivity contribution in [2.45, 2.75) is 11.5 Å². The molecule has 1 amide bonds. The van der Waals surface area contributed by atoms with E-state index in [-0.39, 0.29) is 14.9 Å². The monoisotopic (exact) mass is 462 g/mol. The van der Waals surface area contributed by atoms with Gasteiger partial charge in [-0.25, -0.2) is 13.1 Å². The molecule has 3 aromatic rings. The zero-order valence-corrected chi connectivity index (χ0v) is 17.8. The molecule has 1 N–H and O–H groups in total. The van der Waals surface area contributed by atoms with E-state index < -0.39 is 15.9 Å². The SMILES string of the molecule is O=C(/C=C/c1ccc(OCc2ccccn2)cc1)NS(=O)(=O)c1cc(Cl)ccc1Cl. The molecule has 0 saturated heterocycles. The summed E-state index contributed by atoms with van der Waals surface area (Å²) in [5.41, 5.74) is 1.49. The van der Waals surface area contributed by atoms with Gasteiger partial charge in [0.15, 0.2) is 0 Å². The van der Waals surface area contributed by atoms with Gasteiger partial charge in [-0.3, -0.25) is 9.78 Å². The van der Waals surface area contributed by atoms with Gasteiger partial charge in [-0.1, -0.05) is 41.4 Å². The molecule has 0 fully saturated rings. The molecule has 0 aliphatic heterocycles. The third-order valence-corrected chi connectivity index (χ3v) is 5.90. The van der Waals surface area contributed by atoms with E-state index in [4.69, 9.17) is 27.9 Å². The Morgan fingerprint density at radius 1 is 1.07 bits per heavy atom. The van der Waals surface area contributed by atoms with Crippen molar-refractivity contribution in [1.82, 2.24) is 9.71 Å². The van der Waals surface area contributed by atoms with Crippen molar-refractivity contribution in [1.29, 1.82) is 0 Å². The second-order valence-corrected chi connectivity index (χ2v) is 8.55. The van der Waals surface area contributed by atoms with E-state index in [2.05, 4.69) is 4.98 Å². The van der Waals surface area contributed by atoms with E-state index in [0.717, 1.165) is 11.8 Å². The highest BCUT2D eigenvalue weighted by molar-refractivity contribution is 7.90. The summed E-state index contributed by atoms with van der Waals surface area (Å²) in [5.74, 6) is -0.179. The maximum atomic E-state index is 12.3. The van der Waals surface area contributed by atoms with Gasteiger partial charge in [0, 0.05) is 17.3 Å². The number of sulfonamides is 1. The molecule has 0 unspecified atom stereocenters. The number of ether oxygens (including phenoxy) is 1. The van der Waals surface area contributed by atoms with E-state index in [0.29, 0.717) is 17.9 Å². The van der Waals surface area contributed by atoms with E-state index >= 15 is 0 Å². The first-order valence-corrected chi connectivity index (χ1v) is 10.9. The third-order valence-electron chi connectivity index (χ3n) is 3.84. The standard InChI is InChI=1S/C21H16Cl2N2O4S/c22-16-7-10-19(23)20(13-16)30(27,28)25-21(26)11-6-15-4-8-18(9-5-15)29-14-17-3-1-2-12-24-17/h1-13H,14H2,(H,25,26)/b11-6+. The Hall–Kier alpha value is -2.87. The van der Waals surface area contributed by atoms with Crippen LogP contribution in [0.1, 0.15) is 11.3 Å². The van der Waals surface area contributed by atoms with Crippen LogP contribution in [0.25, 0.3) is 6.08 Å². The van der Waals surface area contributed by atoms with E-state index in [1.54, 1.807) is 30.5 Å². The first kappa shape index (κ1) is 21.8. The molecule has 0 aliphatic rings. The molecule has 0 bridgehead atoms. The largest absolute Gasteiger partial charge is 0.487 e. The minimum Gasteiger partial charge on any atom is -0.487 e. The van der Waals surface area contributed by atoms with Crippen LogP contribution in [-0.4, -0.2) is 19.3 Å². The predicted molar refractivity (Wildman–Crippen MR) is 116 cm³/mol. The number of rotatable bonds is 7. The third kappa shape index (κ3) is 6.06. The molecular formula is C21H16Cl2N2O4S. The Balaban J connectivity index is 1.60. The van der Waals surface area contributed by atoms with Crippen LogP contribution in [0.15, 0.2) is 77.8 Å². The topological polar surface area (TPSA) is 85.4 Å². The summed E-state index contributed by atoms with van der Waals surface area (Å²) in [6.45, 7) is 0.336. The van der Waals surface area contributed by atoms with Gasteiger partial charge in [-0.15, -0.1) is 0 Å². The molecule has 30 heavy (non-hydrogen) atoms. The molecule has 2 aromatic carbocycles. The van der Waals surface area contributed by atoms with Gasteiger partial charge >= 0.3 is 0 Å². The minimum atomic E-state index is -4.15. The number of hydrogen-bond acceptors (Lipinski definition) is 5. The van der Waals surface area contributed by atoms with Crippen molar-refractivity contribution in [3.8, 4) is 5.75 Å². The highest BCUT2D eigenvalue weighted by atomic mass is 35.5. The number of amides is 1. The molecule has 1 heterocycles. The number of nitrogens with zero attached hydrogens (tertiary/aromatic N) is 1. The van der Waals surface area contributed by atoms with Gasteiger partial charge < -0.3 is 4.74 Å². The summed E-state index contributed by atoms with van der Waals surface area (Å²) in [4.78, 5) is 15.9. The predicted octanol–water partition coefficient (Wildman–Crippen LogP) is 4.49. The van der Waals surface area contributed by atoms with Crippen molar-refractivity contribution in [3.05, 3.63) is 94.2 Å². The van der Waals surface area contributed by atoms with Gasteiger partial charge in [-0.05, 0) is 54.1 Å². The first-order valence-electron chi connectivity index (χ1n) is 8.66. The van der Waals surface area contributed by atoms with Crippen LogP contribution < -0.4 is 9.46 Å². The fourth-order valence-corrected chi connectivity index (χ4v) is 4.10. The molecule has 1 aromatic heterocycles. The van der Waals surface area contributed by atoms with Gasteiger partial charge in [0.25, 0.3) is 15.9 Å². The number of benzene rings is 2. The normalized spacial score (nSPS) is 11.4. The molecular weight excluding hydrogens is 447 g/mol. The Morgan fingerprint density at radius 2 is 1.83 bits per heavy atom. The summed E-state index contributed by atoms with van der Waals surface area (Å²) in [7, 11) is -4.15. The molecule has 0 aliphatic carbocycles. The van der Waals surface area contributed by atoms with Gasteiger partial charge in [-0.2, -0.15) is 0 Å². The molecule has 154 valence electrons. The van der Waals surface area contributed by atoms with Crippen molar-refractivity contribution in [3.63, 3.8) is 0 Å². The molecule has 0 spiro atoms. The molecule has 0 radical (unpaired) electrons. The van der Waals surface area contributed by atoms with Crippen molar-refractivity contribution in [2.24, 2.45) is 0 Å². The van der Waals surface area contributed by atoms with Crippen molar-refractivity contribution < 1.29 is 17.9 Å². The van der Waals surface area contributed by atoms with Crippen LogP contribution in [0, 0.1) is 0 Å². The quantitative estimate of drug-likeness (QED) is 0.522. The number of hydrogen-bond donors (Lipinski definition) is 1. The lowest BCUT2D eigenvalue weighted by molar-refractivity contribution is -0.114. The number of pyridine rings is 1. The van der Waals surface area contributed by atoms with Crippen LogP contribution >= 0.6 is 23.2 Å². The molecule has 6 nitrogen and oxygen atoms in total. The smallest absolute Gasteiger partial charge is 0.265 e. The summed E-state index contributed by atoms with van der Waals surface area (Å²) in [5, 5.41) is 0.151. The Labute approximate surface area is 184 Å². The maximum absolute atomic E-state index is 12.3. The fourth-order valence-electron chi connectivity index (χ4n) is 2.39. The van der Waals surface area contributed by atoms with Crippen LogP contribution in [0.2, 0.25) is 10.0 Å². The van der Waals surface area contributed by atoms with Gasteiger partial charge in [0.2, 0.25) is 0 Å². The lowest BCUT2D eigenvalue weighted by Crippen LogP contribution is -2.29. The molecule has 0 saturated carbocycles. The van der Waals surface area contributed by atoms with Crippen LogP contribution in [0.5, 0.6) is 5.75 Å². The van der Waals surface area contributed by atoms with Gasteiger partial charge in [0.05, 0.1) is 10.7 Å². The van der Waals surface area contributed by atoms with E-state index in [1.807, 2.05) is 22.9 Å². The maximum Gasteiger partial charge on any atom is 0.265 e. The zero-order valence-electron chi connectivity index (χ0n) is 15.5. The van der Waals surface area contributed by atoms with E-state index in [9.17, 15) is 13.2 Å². The zero-order chi connectivity index (χ0) is 21.6. The Bertz CT molecular complexity index is 1170. The molecule has 3 rings (SSSR count). The second-order valence-electron chi connectivity index (χ2n) is 6.06. The summed E-state index contributed by atoms with van der Waals surface area (Å²) in [6.07, 6.45) is 4.28. The average molecular weight is 463 g/mol. The number of halogens is 2. The van der Waals surface area contributed by atoms with Crippen molar-refractivity contribution >= 4 is 45.2 Å². The second kappa shape index (κ2) is 9.75. The van der Waals surface area contributed by atoms with Crippen LogP contribution in [0.4, 0.5) is 0 Å². The number of carbonyl (C=O) groups is 1. The van der Waals surface area contributed by atoms with Crippen LogP contribution in [-0.2, 0) is 21.4 Å². The number of nitrogens with one attached hydrogen (secondary N) is 1. The highest BCUT2D eigenvalue weighted by Crippen LogP contribution is 2.24. The fraction of sp³-hybridized carbons (Fsp3) is 0.0476. The number of carbonyl (C=O) groups excluding carboxylic acids is 1. The lowest BCUT2D eigenvalue weighted by Gasteiger charge is -2.07. The Kier molecular flexibility index (Phi) is 7.10. The molecule has 0 atom stereocenters. The lowest BCUT2D eigenvalue weighted by atomic mass is 10.2. The van der Waals surface area contributed by atoms with Gasteiger partial charge in [0.1, 0.15) is 17.3 Å². The number of aromatic nitrogens is 1. The minimum absolute atomic E-state index is 0.0371. The molecule has 9 heteroatoms. The summed E-state index contributed by atoms with van der Waals surface area (Å²) in [6, 6.07) is 16.5. The summed E-state index contributed by atoms with van der Waals surface area (Å²) < 4.78 is 32.2. The summed E-state index contributed by atoms with van der Waals surface area (Å²) >= 11 is 11.7. The Morgan fingerprint density at radius 3 is 2.53 bits per heavy atom. The highest BCUT2D eigenvalue weighted by Gasteiger charge is 2.20. The van der Waals surface area contributed by atoms with E-state index in [1.165, 1.54) is 24.3 Å². The van der Waals surface area contributed by atoms with Crippen molar-refractivity contribution in [2.75, 3.05) is 0 Å². The first-order chi connectivity index (χ1) is 14.3. The average Bonchev–Trinajstić information content (AvgIpc) is 2.73. The van der Waals surface area contributed by atoms with Crippen LogP contribution in [0.3, 0.4) is 0 Å².